The molecule has 1 amide bonds. The average molecular weight is 447 g/mol. The van der Waals surface area contributed by atoms with Crippen molar-refractivity contribution in [3.63, 3.8) is 0 Å². The lowest BCUT2D eigenvalue weighted by molar-refractivity contribution is 0.0342. The molecular formula is C24H31ClN2O4. The molecule has 0 aromatic heterocycles. The summed E-state index contributed by atoms with van der Waals surface area (Å²) in [4.78, 5) is 15.2. The zero-order chi connectivity index (χ0) is 22.1. The molecule has 31 heavy (non-hydrogen) atoms. The molecule has 0 radical (unpaired) electrons. The topological polar surface area (TPSA) is 60.0 Å². The summed E-state index contributed by atoms with van der Waals surface area (Å²) in [5.41, 5.74) is 2.32. The second kappa shape index (κ2) is 11.9. The van der Waals surface area contributed by atoms with Gasteiger partial charge in [-0.1, -0.05) is 37.1 Å². The fourth-order valence-electron chi connectivity index (χ4n) is 3.39. The van der Waals surface area contributed by atoms with Gasteiger partial charge in [0.25, 0.3) is 5.91 Å². The Kier molecular flexibility index (Phi) is 9.00. The van der Waals surface area contributed by atoms with Gasteiger partial charge in [0, 0.05) is 30.9 Å². The van der Waals surface area contributed by atoms with E-state index in [2.05, 4.69) is 23.2 Å². The van der Waals surface area contributed by atoms with Gasteiger partial charge in [-0.3, -0.25) is 9.69 Å². The van der Waals surface area contributed by atoms with Crippen LogP contribution in [0.25, 0.3) is 0 Å². The molecule has 1 heterocycles. The number of carbonyl (C=O) groups is 1. The molecule has 6 nitrogen and oxygen atoms in total. The minimum atomic E-state index is -0.244. The van der Waals surface area contributed by atoms with Crippen LogP contribution in [0.4, 0.5) is 5.69 Å². The number of hydrogen-bond acceptors (Lipinski definition) is 5. The second-order valence-corrected chi connectivity index (χ2v) is 7.87. The van der Waals surface area contributed by atoms with Crippen LogP contribution >= 0.6 is 11.6 Å². The van der Waals surface area contributed by atoms with E-state index < -0.39 is 0 Å². The number of halogens is 1. The van der Waals surface area contributed by atoms with Crippen LogP contribution in [0.5, 0.6) is 11.5 Å². The van der Waals surface area contributed by atoms with E-state index in [9.17, 15) is 4.79 Å². The number of rotatable bonds is 10. The standard InChI is InChI=1S/C24H31ClN2O4/c1-3-5-11-31-23-21(25)15-19(16-22(23)30-4-2)24(28)26-20-8-6-7-18(14-20)17-27-9-12-29-13-10-27/h6-8,14-16H,3-5,9-13,17H2,1-2H3,(H,26,28). The quantitative estimate of drug-likeness (QED) is 0.520. The number of nitrogens with zero attached hydrogens (tertiary/aromatic N) is 1. The monoisotopic (exact) mass is 446 g/mol. The van der Waals surface area contributed by atoms with Crippen molar-refractivity contribution in [2.75, 3.05) is 44.8 Å². The summed E-state index contributed by atoms with van der Waals surface area (Å²) in [6.45, 7) is 9.18. The van der Waals surface area contributed by atoms with Crippen molar-refractivity contribution in [3.8, 4) is 11.5 Å². The fraction of sp³-hybridized carbons (Fsp3) is 0.458. The maximum atomic E-state index is 12.9. The van der Waals surface area contributed by atoms with E-state index in [1.807, 2.05) is 25.1 Å². The van der Waals surface area contributed by atoms with Crippen LogP contribution < -0.4 is 14.8 Å². The van der Waals surface area contributed by atoms with Gasteiger partial charge in [-0.25, -0.2) is 0 Å². The number of carbonyl (C=O) groups excluding carboxylic acids is 1. The Bertz CT molecular complexity index is 869. The van der Waals surface area contributed by atoms with Crippen LogP contribution in [0.1, 0.15) is 42.6 Å². The Hall–Kier alpha value is -2.28. The maximum Gasteiger partial charge on any atom is 0.255 e. The number of anilines is 1. The largest absolute Gasteiger partial charge is 0.490 e. The first kappa shape index (κ1) is 23.4. The Morgan fingerprint density at radius 3 is 2.71 bits per heavy atom. The molecule has 3 rings (SSSR count). The molecule has 0 spiro atoms. The van der Waals surface area contributed by atoms with E-state index in [0.717, 1.165) is 56.9 Å². The van der Waals surface area contributed by atoms with Gasteiger partial charge in [0.05, 0.1) is 31.5 Å². The van der Waals surface area contributed by atoms with Crippen molar-refractivity contribution in [1.82, 2.24) is 4.90 Å². The summed E-state index contributed by atoms with van der Waals surface area (Å²) in [6.07, 6.45) is 1.94. The van der Waals surface area contributed by atoms with Gasteiger partial charge in [0.1, 0.15) is 0 Å². The third-order valence-electron chi connectivity index (χ3n) is 5.01. The minimum Gasteiger partial charge on any atom is -0.490 e. The van der Waals surface area contributed by atoms with Gasteiger partial charge in [0.2, 0.25) is 0 Å². The van der Waals surface area contributed by atoms with E-state index >= 15 is 0 Å². The zero-order valence-electron chi connectivity index (χ0n) is 18.3. The highest BCUT2D eigenvalue weighted by molar-refractivity contribution is 6.32. The number of unbranched alkanes of at least 4 members (excludes halogenated alkanes) is 1. The average Bonchev–Trinajstić information content (AvgIpc) is 2.76. The van der Waals surface area contributed by atoms with Crippen molar-refractivity contribution in [1.29, 1.82) is 0 Å². The van der Waals surface area contributed by atoms with Gasteiger partial charge in [-0.15, -0.1) is 0 Å². The lowest BCUT2D eigenvalue weighted by Crippen LogP contribution is -2.35. The highest BCUT2D eigenvalue weighted by Gasteiger charge is 2.17. The predicted octanol–water partition coefficient (Wildman–Crippen LogP) is 5.00. The van der Waals surface area contributed by atoms with Crippen molar-refractivity contribution < 1.29 is 19.0 Å². The molecule has 0 saturated carbocycles. The highest BCUT2D eigenvalue weighted by Crippen LogP contribution is 2.37. The zero-order valence-corrected chi connectivity index (χ0v) is 19.0. The van der Waals surface area contributed by atoms with Crippen LogP contribution in [-0.4, -0.2) is 50.3 Å². The number of ether oxygens (including phenoxy) is 3. The second-order valence-electron chi connectivity index (χ2n) is 7.46. The number of nitrogens with one attached hydrogen (secondary N) is 1. The summed E-state index contributed by atoms with van der Waals surface area (Å²) in [5, 5.41) is 3.34. The molecule has 0 unspecified atom stereocenters. The van der Waals surface area contributed by atoms with Gasteiger partial charge >= 0.3 is 0 Å². The molecule has 0 atom stereocenters. The molecule has 1 aliphatic heterocycles. The van der Waals surface area contributed by atoms with Gasteiger partial charge in [-0.05, 0) is 43.2 Å². The molecule has 2 aromatic carbocycles. The summed E-state index contributed by atoms with van der Waals surface area (Å²) in [6, 6.07) is 11.2. The number of benzene rings is 2. The number of morpholine rings is 1. The number of hydrogen-bond donors (Lipinski definition) is 1. The van der Waals surface area contributed by atoms with Crippen LogP contribution in [0.15, 0.2) is 36.4 Å². The van der Waals surface area contributed by atoms with Crippen LogP contribution in [-0.2, 0) is 11.3 Å². The molecule has 2 aromatic rings. The Morgan fingerprint density at radius 1 is 1.16 bits per heavy atom. The SMILES string of the molecule is CCCCOc1c(Cl)cc(C(=O)Nc2cccc(CN3CCOCC3)c2)cc1OCC. The Morgan fingerprint density at radius 2 is 1.97 bits per heavy atom. The van der Waals surface area contributed by atoms with Crippen molar-refractivity contribution in [3.05, 3.63) is 52.5 Å². The highest BCUT2D eigenvalue weighted by atomic mass is 35.5. The number of amides is 1. The molecule has 1 fully saturated rings. The van der Waals surface area contributed by atoms with Crippen molar-refractivity contribution in [2.45, 2.75) is 33.2 Å². The molecule has 0 bridgehead atoms. The van der Waals surface area contributed by atoms with Crippen LogP contribution in [0.3, 0.4) is 0 Å². The predicted molar refractivity (Wildman–Crippen MR) is 124 cm³/mol. The first-order chi connectivity index (χ1) is 15.1. The van der Waals surface area contributed by atoms with Crippen LogP contribution in [0, 0.1) is 0 Å². The van der Waals surface area contributed by atoms with Crippen molar-refractivity contribution >= 4 is 23.2 Å². The Labute approximate surface area is 189 Å². The van der Waals surface area contributed by atoms with E-state index in [4.69, 9.17) is 25.8 Å². The molecule has 1 N–H and O–H groups in total. The Balaban J connectivity index is 1.71. The van der Waals surface area contributed by atoms with Gasteiger partial charge in [0.15, 0.2) is 11.5 Å². The van der Waals surface area contributed by atoms with E-state index in [-0.39, 0.29) is 5.91 Å². The normalized spacial score (nSPS) is 14.3. The molecule has 1 aliphatic rings. The van der Waals surface area contributed by atoms with E-state index in [0.29, 0.717) is 35.3 Å². The lowest BCUT2D eigenvalue weighted by atomic mass is 10.1. The lowest BCUT2D eigenvalue weighted by Gasteiger charge is -2.26. The molecular weight excluding hydrogens is 416 g/mol. The fourth-order valence-corrected chi connectivity index (χ4v) is 3.65. The molecule has 7 heteroatoms. The molecule has 168 valence electrons. The van der Waals surface area contributed by atoms with Crippen molar-refractivity contribution in [2.24, 2.45) is 0 Å². The third kappa shape index (κ3) is 6.86. The first-order valence-electron chi connectivity index (χ1n) is 10.9. The van der Waals surface area contributed by atoms with Gasteiger partial charge < -0.3 is 19.5 Å². The summed E-state index contributed by atoms with van der Waals surface area (Å²) in [7, 11) is 0. The van der Waals surface area contributed by atoms with Crippen LogP contribution in [0.2, 0.25) is 5.02 Å². The van der Waals surface area contributed by atoms with E-state index in [1.165, 1.54) is 0 Å². The summed E-state index contributed by atoms with van der Waals surface area (Å²) >= 11 is 6.43. The van der Waals surface area contributed by atoms with E-state index in [1.54, 1.807) is 12.1 Å². The maximum absolute atomic E-state index is 12.9. The summed E-state index contributed by atoms with van der Waals surface area (Å²) in [5.74, 6) is 0.727. The molecule has 1 saturated heterocycles. The smallest absolute Gasteiger partial charge is 0.255 e. The summed E-state index contributed by atoms with van der Waals surface area (Å²) < 4.78 is 16.9. The third-order valence-corrected chi connectivity index (χ3v) is 5.29. The minimum absolute atomic E-state index is 0.244. The first-order valence-corrected chi connectivity index (χ1v) is 11.3. The molecule has 0 aliphatic carbocycles. The van der Waals surface area contributed by atoms with Gasteiger partial charge in [-0.2, -0.15) is 0 Å².